The number of hydrogen-bond donors (Lipinski definition) is 1. The molecule has 0 fully saturated rings. The fourth-order valence-electron chi connectivity index (χ4n) is 3.33. The Bertz CT molecular complexity index is 588. The zero-order valence-electron chi connectivity index (χ0n) is 13.1. The van der Waals surface area contributed by atoms with Crippen LogP contribution in [0.5, 0.6) is 0 Å². The van der Waals surface area contributed by atoms with E-state index in [2.05, 4.69) is 67.7 Å². The van der Waals surface area contributed by atoms with Crippen LogP contribution in [-0.4, -0.2) is 0 Å². The molecule has 110 valence electrons. The molecule has 1 aliphatic carbocycles. The molecule has 0 saturated heterocycles. The fraction of sp³-hybridized carbons (Fsp3) is 0.400. The third-order valence-electron chi connectivity index (χ3n) is 4.67. The smallest absolute Gasteiger partial charge is 0.0297 e. The highest BCUT2D eigenvalue weighted by Crippen LogP contribution is 2.26. The number of fused-ring (bicyclic) bond motifs is 1. The maximum absolute atomic E-state index is 3.72. The maximum atomic E-state index is 3.72. The highest BCUT2D eigenvalue weighted by atomic mass is 14.9. The Morgan fingerprint density at radius 3 is 2.19 bits per heavy atom. The largest absolute Gasteiger partial charge is 0.304 e. The maximum Gasteiger partial charge on any atom is 0.0297 e. The van der Waals surface area contributed by atoms with Crippen molar-refractivity contribution < 1.29 is 0 Å². The predicted octanol–water partition coefficient (Wildman–Crippen LogP) is 4.98. The SMILES string of the molecule is CC(NC(C)c1ccc2c(c1)CCCC2)c1ccccc1. The molecule has 0 bridgehead atoms. The van der Waals surface area contributed by atoms with Gasteiger partial charge in [0.05, 0.1) is 0 Å². The monoisotopic (exact) mass is 279 g/mol. The summed E-state index contributed by atoms with van der Waals surface area (Å²) < 4.78 is 0. The Labute approximate surface area is 128 Å². The van der Waals surface area contributed by atoms with Gasteiger partial charge in [-0.1, -0.05) is 48.5 Å². The molecule has 1 heteroatoms. The summed E-state index contributed by atoms with van der Waals surface area (Å²) in [5.74, 6) is 0. The third kappa shape index (κ3) is 3.36. The Morgan fingerprint density at radius 2 is 1.43 bits per heavy atom. The molecule has 0 heterocycles. The van der Waals surface area contributed by atoms with Crippen molar-refractivity contribution in [1.29, 1.82) is 0 Å². The fourth-order valence-corrected chi connectivity index (χ4v) is 3.33. The standard InChI is InChI=1S/C20H25N/c1-15(17-8-4-3-5-9-17)21-16(2)19-13-12-18-10-6-7-11-20(18)14-19/h3-5,8-9,12-16,21H,6-7,10-11H2,1-2H3. The van der Waals surface area contributed by atoms with Gasteiger partial charge >= 0.3 is 0 Å². The summed E-state index contributed by atoms with van der Waals surface area (Å²) in [5, 5.41) is 3.72. The van der Waals surface area contributed by atoms with Gasteiger partial charge in [0.25, 0.3) is 0 Å². The van der Waals surface area contributed by atoms with Gasteiger partial charge in [-0.2, -0.15) is 0 Å². The van der Waals surface area contributed by atoms with Crippen molar-refractivity contribution in [2.75, 3.05) is 0 Å². The minimum absolute atomic E-state index is 0.372. The number of benzene rings is 2. The van der Waals surface area contributed by atoms with E-state index in [0.717, 1.165) is 0 Å². The Balaban J connectivity index is 1.72. The van der Waals surface area contributed by atoms with E-state index in [0.29, 0.717) is 12.1 Å². The van der Waals surface area contributed by atoms with Gasteiger partial charge in [-0.15, -0.1) is 0 Å². The molecule has 0 amide bonds. The van der Waals surface area contributed by atoms with Crippen molar-refractivity contribution in [3.05, 3.63) is 70.8 Å². The van der Waals surface area contributed by atoms with Crippen molar-refractivity contribution in [2.24, 2.45) is 0 Å². The number of nitrogens with one attached hydrogen (secondary N) is 1. The lowest BCUT2D eigenvalue weighted by atomic mass is 9.89. The summed E-state index contributed by atoms with van der Waals surface area (Å²) in [4.78, 5) is 0. The van der Waals surface area contributed by atoms with E-state index in [4.69, 9.17) is 0 Å². The van der Waals surface area contributed by atoms with Crippen molar-refractivity contribution >= 4 is 0 Å². The number of rotatable bonds is 4. The predicted molar refractivity (Wildman–Crippen MR) is 89.5 cm³/mol. The first-order valence-corrected chi connectivity index (χ1v) is 8.17. The van der Waals surface area contributed by atoms with Crippen molar-refractivity contribution in [3.63, 3.8) is 0 Å². The van der Waals surface area contributed by atoms with Crippen molar-refractivity contribution in [2.45, 2.75) is 51.6 Å². The molecule has 0 aliphatic heterocycles. The van der Waals surface area contributed by atoms with E-state index in [1.165, 1.54) is 36.8 Å². The minimum Gasteiger partial charge on any atom is -0.304 e. The molecule has 1 nitrogen and oxygen atoms in total. The molecule has 0 spiro atoms. The van der Waals surface area contributed by atoms with E-state index < -0.39 is 0 Å². The van der Waals surface area contributed by atoms with Crippen LogP contribution in [0.1, 0.15) is 61.0 Å². The summed E-state index contributed by atoms with van der Waals surface area (Å²) in [6.07, 6.45) is 5.21. The van der Waals surface area contributed by atoms with E-state index in [-0.39, 0.29) is 0 Å². The topological polar surface area (TPSA) is 12.0 Å². The normalized spacial score (nSPS) is 17.0. The second kappa shape index (κ2) is 6.44. The molecule has 1 aliphatic rings. The van der Waals surface area contributed by atoms with Gasteiger partial charge in [0.1, 0.15) is 0 Å². The van der Waals surface area contributed by atoms with E-state index in [1.54, 1.807) is 11.1 Å². The Hall–Kier alpha value is -1.60. The van der Waals surface area contributed by atoms with Crippen LogP contribution in [0.25, 0.3) is 0 Å². The lowest BCUT2D eigenvalue weighted by Crippen LogP contribution is -2.22. The van der Waals surface area contributed by atoms with E-state index >= 15 is 0 Å². The van der Waals surface area contributed by atoms with Crippen molar-refractivity contribution in [1.82, 2.24) is 5.32 Å². The molecule has 0 saturated carbocycles. The lowest BCUT2D eigenvalue weighted by molar-refractivity contribution is 0.494. The Kier molecular flexibility index (Phi) is 4.40. The second-order valence-corrected chi connectivity index (χ2v) is 6.26. The third-order valence-corrected chi connectivity index (χ3v) is 4.67. The summed E-state index contributed by atoms with van der Waals surface area (Å²) in [6.45, 7) is 4.51. The molecule has 0 aromatic heterocycles. The van der Waals surface area contributed by atoms with Crippen LogP contribution in [0.3, 0.4) is 0 Å². The quantitative estimate of drug-likeness (QED) is 0.832. The summed E-state index contributed by atoms with van der Waals surface area (Å²) in [7, 11) is 0. The van der Waals surface area contributed by atoms with E-state index in [1.807, 2.05) is 0 Å². The summed E-state index contributed by atoms with van der Waals surface area (Å²) in [6, 6.07) is 18.5. The first-order valence-electron chi connectivity index (χ1n) is 8.17. The van der Waals surface area contributed by atoms with Crippen LogP contribution in [0.4, 0.5) is 0 Å². The average molecular weight is 279 g/mol. The van der Waals surface area contributed by atoms with Gasteiger partial charge in [0.15, 0.2) is 0 Å². The van der Waals surface area contributed by atoms with Crippen LogP contribution in [0, 0.1) is 0 Å². The minimum atomic E-state index is 0.372. The highest BCUT2D eigenvalue weighted by molar-refractivity contribution is 5.35. The molecule has 1 N–H and O–H groups in total. The van der Waals surface area contributed by atoms with Crippen LogP contribution in [-0.2, 0) is 12.8 Å². The van der Waals surface area contributed by atoms with Gasteiger partial charge < -0.3 is 5.32 Å². The van der Waals surface area contributed by atoms with Crippen LogP contribution < -0.4 is 5.32 Å². The van der Waals surface area contributed by atoms with Gasteiger partial charge in [-0.25, -0.2) is 0 Å². The molecule has 2 aromatic rings. The highest BCUT2D eigenvalue weighted by Gasteiger charge is 2.14. The van der Waals surface area contributed by atoms with Gasteiger partial charge in [-0.05, 0) is 61.8 Å². The lowest BCUT2D eigenvalue weighted by Gasteiger charge is -2.23. The van der Waals surface area contributed by atoms with Gasteiger partial charge in [0.2, 0.25) is 0 Å². The molecular weight excluding hydrogens is 254 g/mol. The van der Waals surface area contributed by atoms with Crippen LogP contribution >= 0.6 is 0 Å². The van der Waals surface area contributed by atoms with Gasteiger partial charge in [0, 0.05) is 12.1 Å². The number of aryl methyl sites for hydroxylation is 2. The summed E-state index contributed by atoms with van der Waals surface area (Å²) >= 11 is 0. The molecular formula is C20H25N. The first-order chi connectivity index (χ1) is 10.2. The molecule has 21 heavy (non-hydrogen) atoms. The Morgan fingerprint density at radius 1 is 0.762 bits per heavy atom. The molecule has 2 unspecified atom stereocenters. The summed E-state index contributed by atoms with van der Waals surface area (Å²) in [5.41, 5.74) is 5.90. The van der Waals surface area contributed by atoms with E-state index in [9.17, 15) is 0 Å². The average Bonchev–Trinajstić information content (AvgIpc) is 2.55. The second-order valence-electron chi connectivity index (χ2n) is 6.26. The number of hydrogen-bond acceptors (Lipinski definition) is 1. The van der Waals surface area contributed by atoms with Gasteiger partial charge in [-0.3, -0.25) is 0 Å². The van der Waals surface area contributed by atoms with Crippen LogP contribution in [0.15, 0.2) is 48.5 Å². The first kappa shape index (κ1) is 14.3. The van der Waals surface area contributed by atoms with Crippen molar-refractivity contribution in [3.8, 4) is 0 Å². The molecule has 3 rings (SSSR count). The molecule has 2 aromatic carbocycles. The van der Waals surface area contributed by atoms with Crippen LogP contribution in [0.2, 0.25) is 0 Å². The zero-order chi connectivity index (χ0) is 14.7. The zero-order valence-corrected chi connectivity index (χ0v) is 13.1. The molecule has 2 atom stereocenters. The molecule has 0 radical (unpaired) electrons.